The zero-order chi connectivity index (χ0) is 20.7. The number of aliphatic carboxylic acids is 1. The predicted octanol–water partition coefficient (Wildman–Crippen LogP) is 2.87. The Morgan fingerprint density at radius 3 is 2.14 bits per heavy atom. The molecule has 0 heterocycles. The second kappa shape index (κ2) is 9.55. The summed E-state index contributed by atoms with van der Waals surface area (Å²) in [6.07, 6.45) is 0. The Labute approximate surface area is 163 Å². The molecule has 1 amide bonds. The maximum atomic E-state index is 13.1. The lowest BCUT2D eigenvalue weighted by molar-refractivity contribution is -0.137. The number of rotatable bonds is 9. The fourth-order valence-corrected chi connectivity index (χ4v) is 2.70. The van der Waals surface area contributed by atoms with Crippen LogP contribution in [0.5, 0.6) is 11.5 Å². The molecule has 0 aromatic heterocycles. The minimum absolute atomic E-state index is 0.142. The minimum atomic E-state index is -1.13. The highest BCUT2D eigenvalue weighted by Gasteiger charge is 2.22. The molecular formula is C21H23NO6. The molecule has 0 radical (unpaired) electrons. The van der Waals surface area contributed by atoms with Gasteiger partial charge in [0.1, 0.15) is 6.54 Å². The average molecular weight is 385 g/mol. The minimum Gasteiger partial charge on any atom is -0.490 e. The Morgan fingerprint density at radius 2 is 1.54 bits per heavy atom. The fraction of sp³-hybridized carbons (Fsp3) is 0.286. The van der Waals surface area contributed by atoms with Gasteiger partial charge in [-0.3, -0.25) is 14.4 Å². The Bertz CT molecular complexity index is 877. The van der Waals surface area contributed by atoms with Gasteiger partial charge in [0.15, 0.2) is 17.3 Å². The van der Waals surface area contributed by atoms with E-state index in [0.717, 1.165) is 4.90 Å². The molecule has 28 heavy (non-hydrogen) atoms. The Morgan fingerprint density at radius 1 is 0.929 bits per heavy atom. The summed E-state index contributed by atoms with van der Waals surface area (Å²) in [5.41, 5.74) is 0.674. The first-order chi connectivity index (χ1) is 13.4. The van der Waals surface area contributed by atoms with E-state index in [4.69, 9.17) is 14.6 Å². The highest BCUT2D eigenvalue weighted by atomic mass is 16.5. The molecule has 2 aromatic carbocycles. The normalized spacial score (nSPS) is 10.2. The van der Waals surface area contributed by atoms with Crippen molar-refractivity contribution < 1.29 is 29.0 Å². The van der Waals surface area contributed by atoms with Crippen LogP contribution in [0.3, 0.4) is 0 Å². The van der Waals surface area contributed by atoms with Gasteiger partial charge in [-0.25, -0.2) is 0 Å². The molecule has 0 saturated heterocycles. The van der Waals surface area contributed by atoms with Gasteiger partial charge in [0.25, 0.3) is 5.91 Å². The lowest BCUT2D eigenvalue weighted by atomic mass is 9.97. The van der Waals surface area contributed by atoms with E-state index in [1.54, 1.807) is 36.4 Å². The molecule has 148 valence electrons. The van der Waals surface area contributed by atoms with Crippen molar-refractivity contribution in [3.8, 4) is 11.5 Å². The molecule has 2 aromatic rings. The standard InChI is InChI=1S/C21H23NO6/c1-4-27-17-11-10-14(12-18(17)28-5-2)20(25)15-8-6-7-9-16(15)21(26)22(3)13-19(23)24/h6-12H,4-5,13H2,1-3H3,(H,23,24). The molecule has 0 unspecified atom stereocenters. The third kappa shape index (κ3) is 4.88. The molecule has 0 aliphatic heterocycles. The molecule has 7 heteroatoms. The number of nitrogens with zero attached hydrogens (tertiary/aromatic N) is 1. The van der Waals surface area contributed by atoms with Gasteiger partial charge in [0, 0.05) is 18.2 Å². The highest BCUT2D eigenvalue weighted by Crippen LogP contribution is 2.30. The van der Waals surface area contributed by atoms with E-state index < -0.39 is 18.4 Å². The van der Waals surface area contributed by atoms with Crippen molar-refractivity contribution in [1.29, 1.82) is 0 Å². The van der Waals surface area contributed by atoms with Crippen molar-refractivity contribution in [3.63, 3.8) is 0 Å². The van der Waals surface area contributed by atoms with E-state index >= 15 is 0 Å². The number of amides is 1. The summed E-state index contributed by atoms with van der Waals surface area (Å²) in [6.45, 7) is 4.09. The van der Waals surface area contributed by atoms with Crippen LogP contribution in [0.2, 0.25) is 0 Å². The van der Waals surface area contributed by atoms with Gasteiger partial charge in [-0.15, -0.1) is 0 Å². The van der Waals surface area contributed by atoms with Gasteiger partial charge < -0.3 is 19.5 Å². The number of likely N-dealkylation sites (N-methyl/N-ethyl adjacent to an activating group) is 1. The number of benzene rings is 2. The number of hydrogen-bond acceptors (Lipinski definition) is 5. The van der Waals surface area contributed by atoms with Gasteiger partial charge >= 0.3 is 5.97 Å². The molecule has 2 rings (SSSR count). The lowest BCUT2D eigenvalue weighted by Gasteiger charge is -2.17. The molecule has 7 nitrogen and oxygen atoms in total. The van der Waals surface area contributed by atoms with Crippen molar-refractivity contribution >= 4 is 17.7 Å². The van der Waals surface area contributed by atoms with E-state index in [1.807, 2.05) is 13.8 Å². The van der Waals surface area contributed by atoms with Crippen LogP contribution in [-0.4, -0.2) is 54.5 Å². The number of carbonyl (C=O) groups is 3. The molecule has 0 aliphatic carbocycles. The fourth-order valence-electron chi connectivity index (χ4n) is 2.70. The van der Waals surface area contributed by atoms with Gasteiger partial charge in [-0.2, -0.15) is 0 Å². The Balaban J connectivity index is 2.41. The smallest absolute Gasteiger partial charge is 0.323 e. The predicted molar refractivity (Wildman–Crippen MR) is 103 cm³/mol. The molecule has 0 atom stereocenters. The van der Waals surface area contributed by atoms with Crippen molar-refractivity contribution in [1.82, 2.24) is 4.90 Å². The summed E-state index contributed by atoms with van der Waals surface area (Å²) >= 11 is 0. The van der Waals surface area contributed by atoms with E-state index in [-0.39, 0.29) is 16.9 Å². The van der Waals surface area contributed by atoms with Gasteiger partial charge in [0.05, 0.1) is 18.8 Å². The van der Waals surface area contributed by atoms with Crippen molar-refractivity contribution in [2.75, 3.05) is 26.8 Å². The summed E-state index contributed by atoms with van der Waals surface area (Å²) in [6, 6.07) is 11.2. The summed E-state index contributed by atoms with van der Waals surface area (Å²) in [4.78, 5) is 37.6. The van der Waals surface area contributed by atoms with E-state index in [2.05, 4.69) is 0 Å². The van der Waals surface area contributed by atoms with Gasteiger partial charge in [-0.05, 0) is 38.1 Å². The van der Waals surface area contributed by atoms with E-state index in [0.29, 0.717) is 30.3 Å². The summed E-state index contributed by atoms with van der Waals surface area (Å²) in [5.74, 6) is -1.06. The Kier molecular flexibility index (Phi) is 7.14. The molecule has 1 N–H and O–H groups in total. The lowest BCUT2D eigenvalue weighted by Crippen LogP contribution is -2.33. The number of hydrogen-bond donors (Lipinski definition) is 1. The molecule has 0 aliphatic rings. The maximum absolute atomic E-state index is 13.1. The van der Waals surface area contributed by atoms with E-state index in [1.165, 1.54) is 13.1 Å². The van der Waals surface area contributed by atoms with Gasteiger partial charge in [0.2, 0.25) is 0 Å². The van der Waals surface area contributed by atoms with Crippen molar-refractivity contribution in [2.24, 2.45) is 0 Å². The number of ketones is 1. The highest BCUT2D eigenvalue weighted by molar-refractivity contribution is 6.15. The van der Waals surface area contributed by atoms with Crippen LogP contribution in [0.4, 0.5) is 0 Å². The Hall–Kier alpha value is -3.35. The zero-order valence-electron chi connectivity index (χ0n) is 16.1. The number of ether oxygens (including phenoxy) is 2. The topological polar surface area (TPSA) is 93.1 Å². The van der Waals surface area contributed by atoms with Crippen LogP contribution >= 0.6 is 0 Å². The van der Waals surface area contributed by atoms with E-state index in [9.17, 15) is 14.4 Å². The van der Waals surface area contributed by atoms with Crippen molar-refractivity contribution in [2.45, 2.75) is 13.8 Å². The average Bonchev–Trinajstić information content (AvgIpc) is 2.68. The first-order valence-electron chi connectivity index (χ1n) is 8.89. The van der Waals surface area contributed by atoms with Crippen LogP contribution in [0.15, 0.2) is 42.5 Å². The second-order valence-electron chi connectivity index (χ2n) is 5.96. The molecule has 0 saturated carbocycles. The number of carbonyl (C=O) groups excluding carboxylic acids is 2. The third-order valence-electron chi connectivity index (χ3n) is 3.93. The summed E-state index contributed by atoms with van der Waals surface area (Å²) in [7, 11) is 1.38. The van der Waals surface area contributed by atoms with Crippen LogP contribution in [0, 0.1) is 0 Å². The van der Waals surface area contributed by atoms with Crippen LogP contribution in [0.1, 0.15) is 40.1 Å². The van der Waals surface area contributed by atoms with Crippen LogP contribution < -0.4 is 9.47 Å². The summed E-state index contributed by atoms with van der Waals surface area (Å²) in [5, 5.41) is 8.90. The maximum Gasteiger partial charge on any atom is 0.323 e. The van der Waals surface area contributed by atoms with Gasteiger partial charge in [-0.1, -0.05) is 18.2 Å². The molecule has 0 bridgehead atoms. The van der Waals surface area contributed by atoms with Crippen LogP contribution in [-0.2, 0) is 4.79 Å². The van der Waals surface area contributed by atoms with Crippen LogP contribution in [0.25, 0.3) is 0 Å². The largest absolute Gasteiger partial charge is 0.490 e. The summed E-state index contributed by atoms with van der Waals surface area (Å²) < 4.78 is 11.1. The second-order valence-corrected chi connectivity index (χ2v) is 5.96. The first kappa shape index (κ1) is 21.0. The monoisotopic (exact) mass is 385 g/mol. The quantitative estimate of drug-likeness (QED) is 0.667. The number of carboxylic acids is 1. The van der Waals surface area contributed by atoms with Crippen molar-refractivity contribution in [3.05, 3.63) is 59.2 Å². The molecule has 0 fully saturated rings. The first-order valence-corrected chi connectivity index (χ1v) is 8.89. The zero-order valence-corrected chi connectivity index (χ0v) is 16.1. The number of carboxylic acid groups (broad SMARTS) is 1. The SMILES string of the molecule is CCOc1ccc(C(=O)c2ccccc2C(=O)N(C)CC(=O)O)cc1OCC. The molecular weight excluding hydrogens is 362 g/mol. The third-order valence-corrected chi connectivity index (χ3v) is 3.93. The molecule has 0 spiro atoms.